The molecule has 0 aliphatic carbocycles. The van der Waals surface area contributed by atoms with Crippen molar-refractivity contribution in [3.05, 3.63) is 77.6 Å². The van der Waals surface area contributed by atoms with Crippen molar-refractivity contribution < 1.29 is 28.1 Å². The molecule has 2 bridgehead atoms. The summed E-state index contributed by atoms with van der Waals surface area (Å²) in [6, 6.07) is 16.4. The average Bonchev–Trinajstić information content (AvgIpc) is 2.88. The highest BCUT2D eigenvalue weighted by molar-refractivity contribution is 7.80. The van der Waals surface area contributed by atoms with Crippen molar-refractivity contribution in [2.75, 3.05) is 26.2 Å². The summed E-state index contributed by atoms with van der Waals surface area (Å²) in [6.45, 7) is 1.92. The number of thiocarbonyl (C=S) groups is 1. The molecule has 2 heterocycles. The van der Waals surface area contributed by atoms with E-state index in [-0.39, 0.29) is 22.9 Å². The topological polar surface area (TPSA) is 60.5 Å². The van der Waals surface area contributed by atoms with Gasteiger partial charge in [-0.2, -0.15) is 0 Å². The van der Waals surface area contributed by atoms with E-state index in [0.717, 1.165) is 5.56 Å². The Morgan fingerprint density at radius 1 is 1.03 bits per heavy atom. The van der Waals surface area contributed by atoms with Gasteiger partial charge in [0.2, 0.25) is 5.75 Å². The monoisotopic (exact) mass is 508 g/mol. The fourth-order valence-corrected chi connectivity index (χ4v) is 5.46. The van der Waals surface area contributed by atoms with Crippen molar-refractivity contribution in [1.29, 1.82) is 0 Å². The van der Waals surface area contributed by atoms with E-state index < -0.39 is 5.72 Å². The largest absolute Gasteiger partial charge is 0.493 e. The van der Waals surface area contributed by atoms with E-state index in [0.29, 0.717) is 40.7 Å². The number of fused-ring (bicyclic) bond motifs is 4. The Kier molecular flexibility index (Phi) is 5.96. The first-order valence-corrected chi connectivity index (χ1v) is 11.7. The Bertz CT molecular complexity index is 1320. The smallest absolute Gasteiger partial charge is 0.260 e. The van der Waals surface area contributed by atoms with Gasteiger partial charge in [-0.1, -0.05) is 18.2 Å². The zero-order valence-electron chi connectivity index (χ0n) is 20.3. The maximum Gasteiger partial charge on any atom is 0.260 e. The van der Waals surface area contributed by atoms with Crippen LogP contribution in [0.2, 0.25) is 0 Å². The molecule has 186 valence electrons. The molecule has 0 spiro atoms. The Labute approximate surface area is 213 Å². The third-order valence-corrected chi connectivity index (χ3v) is 6.96. The fraction of sp³-hybridized carbons (Fsp3) is 0.259. The van der Waals surface area contributed by atoms with Gasteiger partial charge in [-0.25, -0.2) is 4.39 Å². The lowest BCUT2D eigenvalue weighted by atomic mass is 9.88. The van der Waals surface area contributed by atoms with Crippen LogP contribution in [-0.2, 0) is 0 Å². The van der Waals surface area contributed by atoms with Gasteiger partial charge >= 0.3 is 0 Å². The zero-order chi connectivity index (χ0) is 25.6. The molecule has 2 aliphatic heterocycles. The number of carbonyl (C=O) groups excluding carboxylic acids is 1. The van der Waals surface area contributed by atoms with Crippen LogP contribution in [0.15, 0.2) is 60.7 Å². The highest BCUT2D eigenvalue weighted by atomic mass is 32.1. The van der Waals surface area contributed by atoms with Crippen LogP contribution in [-0.4, -0.2) is 43.0 Å². The van der Waals surface area contributed by atoms with Crippen LogP contribution in [0, 0.1) is 5.82 Å². The van der Waals surface area contributed by atoms with Gasteiger partial charge in [0, 0.05) is 23.2 Å². The molecule has 0 saturated carbocycles. The summed E-state index contributed by atoms with van der Waals surface area (Å²) in [5.74, 6) is 1.05. The minimum Gasteiger partial charge on any atom is -0.493 e. The molecule has 0 unspecified atom stereocenters. The molecule has 9 heteroatoms. The third-order valence-electron chi connectivity index (χ3n) is 6.58. The molecule has 1 saturated heterocycles. The molecule has 0 radical (unpaired) electrons. The van der Waals surface area contributed by atoms with Crippen molar-refractivity contribution >= 4 is 28.9 Å². The second-order valence-electron chi connectivity index (χ2n) is 8.72. The molecular formula is C27H25FN2O5S. The summed E-state index contributed by atoms with van der Waals surface area (Å²) in [4.78, 5) is 17.5. The first kappa shape index (κ1) is 23.9. The number of hydrogen-bond donors (Lipinski definition) is 0. The molecular weight excluding hydrogens is 483 g/mol. The maximum atomic E-state index is 14.2. The number of rotatable bonds is 5. The van der Waals surface area contributed by atoms with Gasteiger partial charge in [-0.3, -0.25) is 14.6 Å². The molecule has 2 atom stereocenters. The molecule has 1 amide bonds. The minimum absolute atomic E-state index is 0.244. The van der Waals surface area contributed by atoms with Crippen LogP contribution >= 0.6 is 12.2 Å². The quantitative estimate of drug-likeness (QED) is 0.431. The van der Waals surface area contributed by atoms with Gasteiger partial charge < -0.3 is 18.9 Å². The summed E-state index contributed by atoms with van der Waals surface area (Å²) >= 11 is 5.94. The molecule has 0 N–H and O–H groups in total. The van der Waals surface area contributed by atoms with E-state index in [9.17, 15) is 9.18 Å². The molecule has 3 aromatic carbocycles. The Balaban J connectivity index is 1.67. The lowest BCUT2D eigenvalue weighted by Gasteiger charge is -2.55. The molecule has 3 aromatic rings. The highest BCUT2D eigenvalue weighted by Gasteiger charge is 2.53. The van der Waals surface area contributed by atoms with Crippen molar-refractivity contribution in [3.8, 4) is 23.0 Å². The second kappa shape index (κ2) is 8.98. The number of para-hydroxylation sites is 1. The SMILES string of the molecule is COc1cc(C(=O)N2C(=S)N(c3ccc(F)cc3)[C@@]3(C)C[C@H]2c2ccccc2O3)cc(OC)c1OC. The van der Waals surface area contributed by atoms with Crippen molar-refractivity contribution in [3.63, 3.8) is 0 Å². The number of ether oxygens (including phenoxy) is 4. The fourth-order valence-electron chi connectivity index (χ4n) is 4.95. The number of benzene rings is 3. The van der Waals surface area contributed by atoms with E-state index in [1.807, 2.05) is 31.2 Å². The molecule has 0 aromatic heterocycles. The van der Waals surface area contributed by atoms with E-state index in [1.54, 1.807) is 34.1 Å². The number of hydrogen-bond acceptors (Lipinski definition) is 6. The standard InChI is InChI=1S/C27H25FN2O5S/c1-27-15-20(19-7-5-6-8-21(19)35-27)29(26(36)30(27)18-11-9-17(28)10-12-18)25(31)16-13-22(32-2)24(34-4)23(14-16)33-3/h5-14,20H,15H2,1-4H3/t20-,27+/m0/s1. The van der Waals surface area contributed by atoms with Crippen LogP contribution < -0.4 is 23.8 Å². The van der Waals surface area contributed by atoms with Crippen molar-refractivity contribution in [1.82, 2.24) is 4.90 Å². The Morgan fingerprint density at radius 3 is 2.28 bits per heavy atom. The predicted octanol–water partition coefficient (Wildman–Crippen LogP) is 5.34. The first-order chi connectivity index (χ1) is 17.3. The van der Waals surface area contributed by atoms with Crippen LogP contribution in [0.4, 0.5) is 10.1 Å². The van der Waals surface area contributed by atoms with Crippen LogP contribution in [0.25, 0.3) is 0 Å². The van der Waals surface area contributed by atoms with Crippen LogP contribution in [0.1, 0.15) is 35.3 Å². The number of anilines is 1. The summed E-state index contributed by atoms with van der Waals surface area (Å²) in [5, 5.41) is 0.244. The number of amides is 1. The van der Waals surface area contributed by atoms with E-state index in [2.05, 4.69) is 0 Å². The number of nitrogens with zero attached hydrogens (tertiary/aromatic N) is 2. The lowest BCUT2D eigenvalue weighted by Crippen LogP contribution is -2.67. The van der Waals surface area contributed by atoms with E-state index in [1.165, 1.54) is 33.5 Å². The molecule has 5 rings (SSSR count). The average molecular weight is 509 g/mol. The van der Waals surface area contributed by atoms with Gasteiger partial charge in [-0.15, -0.1) is 0 Å². The van der Waals surface area contributed by atoms with Crippen molar-refractivity contribution in [2.24, 2.45) is 0 Å². The van der Waals surface area contributed by atoms with E-state index >= 15 is 0 Å². The lowest BCUT2D eigenvalue weighted by molar-refractivity contribution is 0.0183. The van der Waals surface area contributed by atoms with Crippen molar-refractivity contribution in [2.45, 2.75) is 25.1 Å². The zero-order valence-corrected chi connectivity index (χ0v) is 21.1. The maximum absolute atomic E-state index is 14.2. The van der Waals surface area contributed by atoms with Gasteiger partial charge in [0.25, 0.3) is 5.91 Å². The van der Waals surface area contributed by atoms with Crippen LogP contribution in [0.3, 0.4) is 0 Å². The summed E-state index contributed by atoms with van der Waals surface area (Å²) in [7, 11) is 4.49. The number of methoxy groups -OCH3 is 3. The van der Waals surface area contributed by atoms with Gasteiger partial charge in [0.05, 0.1) is 27.4 Å². The summed E-state index contributed by atoms with van der Waals surface area (Å²) < 4.78 is 36.5. The summed E-state index contributed by atoms with van der Waals surface area (Å²) in [6.07, 6.45) is 0.442. The van der Waals surface area contributed by atoms with Gasteiger partial charge in [0.1, 0.15) is 11.6 Å². The molecule has 1 fully saturated rings. The minimum atomic E-state index is -0.889. The predicted molar refractivity (Wildman–Crippen MR) is 137 cm³/mol. The van der Waals surface area contributed by atoms with Gasteiger partial charge in [-0.05, 0) is 61.6 Å². The van der Waals surface area contributed by atoms with Gasteiger partial charge in [0.15, 0.2) is 22.3 Å². The third kappa shape index (κ3) is 3.71. The van der Waals surface area contributed by atoms with Crippen LogP contribution in [0.5, 0.6) is 23.0 Å². The second-order valence-corrected chi connectivity index (χ2v) is 9.08. The number of carbonyl (C=O) groups is 1. The number of halogens is 1. The normalized spacial score (nSPS) is 20.4. The Hall–Kier alpha value is -3.85. The molecule has 36 heavy (non-hydrogen) atoms. The first-order valence-electron chi connectivity index (χ1n) is 11.3. The Morgan fingerprint density at radius 2 is 1.67 bits per heavy atom. The molecule has 7 nitrogen and oxygen atoms in total. The highest BCUT2D eigenvalue weighted by Crippen LogP contribution is 2.50. The molecule has 2 aliphatic rings. The summed E-state index contributed by atoms with van der Waals surface area (Å²) in [5.41, 5.74) is 0.903. The van der Waals surface area contributed by atoms with E-state index in [4.69, 9.17) is 31.2 Å².